The van der Waals surface area contributed by atoms with Gasteiger partial charge in [-0.15, -0.1) is 0 Å². The van der Waals surface area contributed by atoms with Crippen molar-refractivity contribution in [2.24, 2.45) is 0 Å². The largest absolute Gasteiger partial charge is 0.452 e. The van der Waals surface area contributed by atoms with E-state index in [1.165, 1.54) is 6.92 Å². The van der Waals surface area contributed by atoms with Crippen molar-refractivity contribution in [1.82, 2.24) is 4.90 Å². The molecule has 0 saturated carbocycles. The molecule has 2 aromatic rings. The summed E-state index contributed by atoms with van der Waals surface area (Å²) in [7, 11) is 0. The maximum absolute atomic E-state index is 12.5. The molecule has 1 saturated heterocycles. The van der Waals surface area contributed by atoms with Crippen molar-refractivity contribution in [3.8, 4) is 16.9 Å². The summed E-state index contributed by atoms with van der Waals surface area (Å²) in [6.45, 7) is 5.18. The number of esters is 2. The second-order valence-electron chi connectivity index (χ2n) is 7.70. The molecule has 0 aromatic heterocycles. The first-order valence-corrected chi connectivity index (χ1v) is 10.2. The van der Waals surface area contributed by atoms with Crippen molar-refractivity contribution in [2.45, 2.75) is 52.1 Å². The minimum absolute atomic E-state index is 0.146. The predicted molar refractivity (Wildman–Crippen MR) is 113 cm³/mol. The number of hydrogen-bond acceptors (Lipinski definition) is 5. The van der Waals surface area contributed by atoms with Gasteiger partial charge in [-0.2, -0.15) is 0 Å². The Morgan fingerprint density at radius 2 is 1.43 bits per heavy atom. The van der Waals surface area contributed by atoms with Crippen molar-refractivity contribution >= 4 is 17.8 Å². The molecule has 0 radical (unpaired) electrons. The molecule has 1 aliphatic rings. The molecular formula is C24H27NO5. The molecule has 30 heavy (non-hydrogen) atoms. The number of piperidine rings is 1. The van der Waals surface area contributed by atoms with Crippen LogP contribution in [0.4, 0.5) is 0 Å². The van der Waals surface area contributed by atoms with Gasteiger partial charge in [0.25, 0.3) is 5.91 Å². The summed E-state index contributed by atoms with van der Waals surface area (Å²) in [5.41, 5.74) is 2.23. The highest BCUT2D eigenvalue weighted by molar-refractivity contribution is 5.92. The molecular weight excluding hydrogens is 382 g/mol. The summed E-state index contributed by atoms with van der Waals surface area (Å²) in [5.74, 6) is -0.549. The third kappa shape index (κ3) is 5.26. The van der Waals surface area contributed by atoms with Crippen molar-refractivity contribution in [3.05, 3.63) is 54.1 Å². The molecule has 158 valence electrons. The van der Waals surface area contributed by atoms with Crippen LogP contribution in [0.3, 0.4) is 0 Å². The van der Waals surface area contributed by atoms with Gasteiger partial charge in [0.1, 0.15) is 5.75 Å². The highest BCUT2D eigenvalue weighted by Gasteiger charge is 2.29. The monoisotopic (exact) mass is 409 g/mol. The van der Waals surface area contributed by atoms with Crippen LogP contribution in [0, 0.1) is 0 Å². The van der Waals surface area contributed by atoms with E-state index in [9.17, 15) is 14.4 Å². The normalized spacial score (nSPS) is 18.6. The zero-order chi connectivity index (χ0) is 21.7. The number of amides is 1. The van der Waals surface area contributed by atoms with Gasteiger partial charge >= 0.3 is 11.9 Å². The number of hydrogen-bond donors (Lipinski definition) is 0. The lowest BCUT2D eigenvalue weighted by molar-refractivity contribution is -0.140. The van der Waals surface area contributed by atoms with E-state index in [1.54, 1.807) is 24.3 Å². The maximum atomic E-state index is 12.5. The van der Waals surface area contributed by atoms with Crippen molar-refractivity contribution in [1.29, 1.82) is 0 Å². The fraction of sp³-hybridized carbons (Fsp3) is 0.375. The lowest BCUT2D eigenvalue weighted by atomic mass is 9.97. The third-order valence-corrected chi connectivity index (χ3v) is 5.38. The average molecular weight is 409 g/mol. The van der Waals surface area contributed by atoms with Gasteiger partial charge in [-0.1, -0.05) is 24.3 Å². The lowest BCUT2D eigenvalue weighted by Gasteiger charge is -2.38. The lowest BCUT2D eigenvalue weighted by Crippen LogP contribution is -2.49. The Morgan fingerprint density at radius 1 is 0.900 bits per heavy atom. The average Bonchev–Trinajstić information content (AvgIpc) is 2.72. The van der Waals surface area contributed by atoms with E-state index in [0.717, 1.165) is 30.4 Å². The van der Waals surface area contributed by atoms with Gasteiger partial charge in [0, 0.05) is 19.0 Å². The summed E-state index contributed by atoms with van der Waals surface area (Å²) < 4.78 is 10.3. The minimum atomic E-state index is -0.516. The second kappa shape index (κ2) is 9.57. The standard InChI is InChI=1S/C24H27NO5/c1-16-5-4-6-17(2)25(16)23(27)15-29-24(28)21-9-7-19(8-10-21)20-11-13-22(14-12-20)30-18(3)26/h7-14,16-17H,4-6,15H2,1-3H3/t16-,17+. The van der Waals surface area contributed by atoms with Crippen LogP contribution in [-0.2, 0) is 14.3 Å². The van der Waals surface area contributed by atoms with E-state index in [1.807, 2.05) is 43.0 Å². The maximum Gasteiger partial charge on any atom is 0.338 e. The Hall–Kier alpha value is -3.15. The Bertz CT molecular complexity index is 894. The number of carbonyl (C=O) groups is 3. The van der Waals surface area contributed by atoms with Gasteiger partial charge in [0.2, 0.25) is 0 Å². The summed E-state index contributed by atoms with van der Waals surface area (Å²) in [4.78, 5) is 37.7. The van der Waals surface area contributed by atoms with Crippen LogP contribution in [0.25, 0.3) is 11.1 Å². The number of likely N-dealkylation sites (tertiary alicyclic amines) is 1. The van der Waals surface area contributed by atoms with E-state index in [0.29, 0.717) is 11.3 Å². The zero-order valence-corrected chi connectivity index (χ0v) is 17.6. The SMILES string of the molecule is CC(=O)Oc1ccc(-c2ccc(C(=O)OCC(=O)N3[C@H](C)CCC[C@@H]3C)cc2)cc1. The second-order valence-corrected chi connectivity index (χ2v) is 7.70. The Balaban J connectivity index is 1.58. The molecule has 0 aliphatic carbocycles. The molecule has 1 heterocycles. The molecule has 2 atom stereocenters. The molecule has 1 fully saturated rings. The van der Waals surface area contributed by atoms with Crippen LogP contribution in [0.1, 0.15) is 50.4 Å². The quantitative estimate of drug-likeness (QED) is 0.546. The summed E-state index contributed by atoms with van der Waals surface area (Å²) in [6.07, 6.45) is 3.07. The van der Waals surface area contributed by atoms with Gasteiger partial charge in [-0.25, -0.2) is 4.79 Å². The first kappa shape index (κ1) is 21.6. The van der Waals surface area contributed by atoms with Crippen LogP contribution in [-0.4, -0.2) is 41.4 Å². The molecule has 0 N–H and O–H groups in total. The molecule has 0 unspecified atom stereocenters. The van der Waals surface area contributed by atoms with Gasteiger partial charge in [0.05, 0.1) is 5.56 Å². The molecule has 3 rings (SSSR count). The van der Waals surface area contributed by atoms with Gasteiger partial charge in [-0.05, 0) is 68.5 Å². The van der Waals surface area contributed by atoms with Crippen LogP contribution < -0.4 is 4.74 Å². The molecule has 1 aliphatic heterocycles. The predicted octanol–water partition coefficient (Wildman–Crippen LogP) is 4.23. The fourth-order valence-electron chi connectivity index (χ4n) is 3.88. The fourth-order valence-corrected chi connectivity index (χ4v) is 3.88. The summed E-state index contributed by atoms with van der Waals surface area (Å²) in [6, 6.07) is 14.4. The molecule has 2 aromatic carbocycles. The number of rotatable bonds is 5. The van der Waals surface area contributed by atoms with E-state index < -0.39 is 5.97 Å². The van der Waals surface area contributed by atoms with E-state index in [-0.39, 0.29) is 30.6 Å². The van der Waals surface area contributed by atoms with Crippen molar-refractivity contribution in [2.75, 3.05) is 6.61 Å². The summed E-state index contributed by atoms with van der Waals surface area (Å²) >= 11 is 0. The molecule has 6 heteroatoms. The molecule has 1 amide bonds. The Morgan fingerprint density at radius 3 is 1.97 bits per heavy atom. The molecule has 0 bridgehead atoms. The van der Waals surface area contributed by atoms with E-state index in [4.69, 9.17) is 9.47 Å². The van der Waals surface area contributed by atoms with Crippen LogP contribution >= 0.6 is 0 Å². The van der Waals surface area contributed by atoms with Crippen molar-refractivity contribution in [3.63, 3.8) is 0 Å². The first-order chi connectivity index (χ1) is 14.3. The van der Waals surface area contributed by atoms with Gasteiger partial charge in [0.15, 0.2) is 6.61 Å². The highest BCUT2D eigenvalue weighted by atomic mass is 16.5. The van der Waals surface area contributed by atoms with Crippen LogP contribution in [0.5, 0.6) is 5.75 Å². The van der Waals surface area contributed by atoms with Crippen LogP contribution in [0.15, 0.2) is 48.5 Å². The Labute approximate surface area is 176 Å². The zero-order valence-electron chi connectivity index (χ0n) is 17.6. The highest BCUT2D eigenvalue weighted by Crippen LogP contribution is 2.24. The van der Waals surface area contributed by atoms with Gasteiger partial charge < -0.3 is 14.4 Å². The number of carbonyl (C=O) groups excluding carboxylic acids is 3. The molecule has 6 nitrogen and oxygen atoms in total. The van der Waals surface area contributed by atoms with Crippen LogP contribution in [0.2, 0.25) is 0 Å². The number of benzene rings is 2. The first-order valence-electron chi connectivity index (χ1n) is 10.2. The van der Waals surface area contributed by atoms with E-state index >= 15 is 0 Å². The summed E-state index contributed by atoms with van der Waals surface area (Å²) in [5, 5.41) is 0. The minimum Gasteiger partial charge on any atom is -0.452 e. The van der Waals surface area contributed by atoms with Crippen molar-refractivity contribution < 1.29 is 23.9 Å². The topological polar surface area (TPSA) is 72.9 Å². The Kier molecular flexibility index (Phi) is 6.87. The number of nitrogens with zero attached hydrogens (tertiary/aromatic N) is 1. The van der Waals surface area contributed by atoms with E-state index in [2.05, 4.69) is 0 Å². The van der Waals surface area contributed by atoms with Gasteiger partial charge in [-0.3, -0.25) is 9.59 Å². The number of ether oxygens (including phenoxy) is 2. The third-order valence-electron chi connectivity index (χ3n) is 5.38. The molecule has 0 spiro atoms. The smallest absolute Gasteiger partial charge is 0.338 e.